The minimum absolute atomic E-state index is 0.00398. The maximum Gasteiger partial charge on any atom is 0.223 e. The molecule has 2 unspecified atom stereocenters. The highest BCUT2D eigenvalue weighted by atomic mass is 19.1. The lowest BCUT2D eigenvalue weighted by Crippen LogP contribution is -2.27. The molecule has 3 rings (SSSR count). The van der Waals surface area contributed by atoms with Crippen molar-refractivity contribution in [2.75, 3.05) is 27.9 Å². The van der Waals surface area contributed by atoms with Crippen LogP contribution < -0.4 is 19.5 Å². The molecule has 1 saturated carbocycles. The number of ether oxygens (including phenoxy) is 3. The predicted octanol–water partition coefficient (Wildman–Crippen LogP) is 3.31. The molecule has 6 heteroatoms. The summed E-state index contributed by atoms with van der Waals surface area (Å²) in [5, 5.41) is 2.96. The van der Waals surface area contributed by atoms with E-state index in [-0.39, 0.29) is 23.6 Å². The van der Waals surface area contributed by atoms with Crippen molar-refractivity contribution in [1.82, 2.24) is 5.32 Å². The van der Waals surface area contributed by atoms with Crippen molar-refractivity contribution in [2.24, 2.45) is 5.92 Å². The molecule has 2 aromatic rings. The van der Waals surface area contributed by atoms with Crippen LogP contribution in [0, 0.1) is 11.7 Å². The highest BCUT2D eigenvalue weighted by molar-refractivity contribution is 5.82. The quantitative estimate of drug-likeness (QED) is 0.771. The Morgan fingerprint density at radius 2 is 1.81 bits per heavy atom. The minimum Gasteiger partial charge on any atom is -0.496 e. The van der Waals surface area contributed by atoms with Crippen molar-refractivity contribution < 1.29 is 23.4 Å². The first kappa shape index (κ1) is 19.0. The summed E-state index contributed by atoms with van der Waals surface area (Å²) in [5.41, 5.74) is 1.76. The number of amides is 1. The van der Waals surface area contributed by atoms with E-state index in [1.54, 1.807) is 39.5 Å². The first-order valence-electron chi connectivity index (χ1n) is 8.89. The second kappa shape index (κ2) is 8.29. The summed E-state index contributed by atoms with van der Waals surface area (Å²) < 4.78 is 29.4. The second-order valence-corrected chi connectivity index (χ2v) is 6.56. The Kier molecular flexibility index (Phi) is 5.84. The van der Waals surface area contributed by atoms with E-state index in [2.05, 4.69) is 5.32 Å². The average molecular weight is 373 g/mol. The van der Waals surface area contributed by atoms with Crippen LogP contribution in [0.5, 0.6) is 17.2 Å². The highest BCUT2D eigenvalue weighted by Gasteiger charge is 2.43. The molecule has 2 aromatic carbocycles. The predicted molar refractivity (Wildman–Crippen MR) is 100 cm³/mol. The molecular weight excluding hydrogens is 349 g/mol. The van der Waals surface area contributed by atoms with E-state index >= 15 is 0 Å². The fourth-order valence-electron chi connectivity index (χ4n) is 3.36. The molecule has 0 radical (unpaired) electrons. The highest BCUT2D eigenvalue weighted by Crippen LogP contribution is 2.47. The molecule has 1 aliphatic rings. The van der Waals surface area contributed by atoms with Gasteiger partial charge in [-0.05, 0) is 36.5 Å². The molecule has 2 atom stereocenters. The molecule has 1 fully saturated rings. The molecule has 0 bridgehead atoms. The van der Waals surface area contributed by atoms with Crippen molar-refractivity contribution in [2.45, 2.75) is 18.8 Å². The van der Waals surface area contributed by atoms with Gasteiger partial charge in [-0.2, -0.15) is 0 Å². The van der Waals surface area contributed by atoms with Gasteiger partial charge >= 0.3 is 0 Å². The maximum atomic E-state index is 13.3. The molecule has 0 aromatic heterocycles. The Bertz CT molecular complexity index is 799. The van der Waals surface area contributed by atoms with E-state index in [4.69, 9.17) is 14.2 Å². The van der Waals surface area contributed by atoms with Crippen LogP contribution >= 0.6 is 0 Å². The lowest BCUT2D eigenvalue weighted by molar-refractivity contribution is -0.122. The van der Waals surface area contributed by atoms with Gasteiger partial charge in [0, 0.05) is 30.2 Å². The van der Waals surface area contributed by atoms with E-state index in [9.17, 15) is 9.18 Å². The molecule has 1 N–H and O–H groups in total. The summed E-state index contributed by atoms with van der Waals surface area (Å²) in [6.45, 7) is 0.463. The summed E-state index contributed by atoms with van der Waals surface area (Å²) in [6.07, 6.45) is 1.32. The lowest BCUT2D eigenvalue weighted by atomic mass is 10.1. The van der Waals surface area contributed by atoms with Gasteiger partial charge in [-0.3, -0.25) is 4.79 Å². The molecule has 27 heavy (non-hydrogen) atoms. The number of halogens is 1. The third-order valence-electron chi connectivity index (χ3n) is 4.90. The number of hydrogen-bond donors (Lipinski definition) is 1. The monoisotopic (exact) mass is 373 g/mol. The van der Waals surface area contributed by atoms with Crippen molar-refractivity contribution >= 4 is 5.91 Å². The zero-order chi connectivity index (χ0) is 19.4. The van der Waals surface area contributed by atoms with Crippen LogP contribution in [0.25, 0.3) is 0 Å². The summed E-state index contributed by atoms with van der Waals surface area (Å²) in [5.74, 6) is 1.70. The van der Waals surface area contributed by atoms with Gasteiger partial charge in [-0.25, -0.2) is 4.39 Å². The van der Waals surface area contributed by atoms with Crippen molar-refractivity contribution in [3.05, 3.63) is 53.3 Å². The topological polar surface area (TPSA) is 56.8 Å². The zero-order valence-electron chi connectivity index (χ0n) is 15.8. The van der Waals surface area contributed by atoms with Crippen LogP contribution in [0.3, 0.4) is 0 Å². The van der Waals surface area contributed by atoms with Crippen LogP contribution in [0.4, 0.5) is 4.39 Å². The van der Waals surface area contributed by atoms with E-state index in [1.165, 1.54) is 12.1 Å². The summed E-state index contributed by atoms with van der Waals surface area (Å²) in [7, 11) is 4.76. The summed E-state index contributed by atoms with van der Waals surface area (Å²) >= 11 is 0. The zero-order valence-corrected chi connectivity index (χ0v) is 15.8. The van der Waals surface area contributed by atoms with Crippen molar-refractivity contribution in [1.29, 1.82) is 0 Å². The standard InChI is InChI=1S/C21H24FNO4/c1-25-15-10-19(26-2)16(20(11-15)27-3)7-8-23-21(24)18-12-17(18)13-5-4-6-14(22)9-13/h4-6,9-11,17-18H,7-8,12H2,1-3H3,(H,23,24). The van der Waals surface area contributed by atoms with Crippen LogP contribution in [0.1, 0.15) is 23.5 Å². The fraction of sp³-hybridized carbons (Fsp3) is 0.381. The van der Waals surface area contributed by atoms with Crippen molar-refractivity contribution in [3.63, 3.8) is 0 Å². The van der Waals surface area contributed by atoms with Gasteiger partial charge in [0.1, 0.15) is 23.1 Å². The maximum absolute atomic E-state index is 13.3. The van der Waals surface area contributed by atoms with Gasteiger partial charge in [0.05, 0.1) is 21.3 Å². The van der Waals surface area contributed by atoms with E-state index < -0.39 is 0 Å². The van der Waals surface area contributed by atoms with Gasteiger partial charge < -0.3 is 19.5 Å². The minimum atomic E-state index is -0.266. The van der Waals surface area contributed by atoms with Gasteiger partial charge in [0.25, 0.3) is 0 Å². The number of carbonyl (C=O) groups is 1. The largest absolute Gasteiger partial charge is 0.496 e. The first-order valence-corrected chi connectivity index (χ1v) is 8.89. The molecule has 0 heterocycles. The van der Waals surface area contributed by atoms with Gasteiger partial charge in [-0.1, -0.05) is 12.1 Å². The van der Waals surface area contributed by atoms with Crippen LogP contribution in [-0.2, 0) is 11.2 Å². The third kappa shape index (κ3) is 4.32. The number of benzene rings is 2. The molecule has 1 aliphatic carbocycles. The molecular formula is C21H24FNO4. The van der Waals surface area contributed by atoms with Crippen molar-refractivity contribution in [3.8, 4) is 17.2 Å². The summed E-state index contributed by atoms with van der Waals surface area (Å²) in [4.78, 5) is 12.4. The number of nitrogens with one attached hydrogen (secondary N) is 1. The van der Waals surface area contributed by atoms with E-state index in [0.29, 0.717) is 30.2 Å². The molecule has 0 aliphatic heterocycles. The van der Waals surface area contributed by atoms with E-state index in [0.717, 1.165) is 17.5 Å². The number of rotatable bonds is 8. The third-order valence-corrected chi connectivity index (χ3v) is 4.90. The fourth-order valence-corrected chi connectivity index (χ4v) is 3.36. The average Bonchev–Trinajstić information content (AvgIpc) is 3.48. The molecule has 1 amide bonds. The van der Waals surface area contributed by atoms with Gasteiger partial charge in [-0.15, -0.1) is 0 Å². The Hall–Kier alpha value is -2.76. The van der Waals surface area contributed by atoms with Gasteiger partial charge in [0.15, 0.2) is 0 Å². The van der Waals surface area contributed by atoms with E-state index in [1.807, 2.05) is 6.07 Å². The SMILES string of the molecule is COc1cc(OC)c(CCNC(=O)C2CC2c2cccc(F)c2)c(OC)c1. The Morgan fingerprint density at radius 3 is 2.41 bits per heavy atom. The Morgan fingerprint density at radius 1 is 1.11 bits per heavy atom. The molecule has 0 saturated heterocycles. The normalized spacial score (nSPS) is 17.9. The smallest absolute Gasteiger partial charge is 0.223 e. The molecule has 5 nitrogen and oxygen atoms in total. The Balaban J connectivity index is 1.58. The molecule has 144 valence electrons. The number of methoxy groups -OCH3 is 3. The number of carbonyl (C=O) groups excluding carboxylic acids is 1. The van der Waals surface area contributed by atoms with Crippen LogP contribution in [0.15, 0.2) is 36.4 Å². The van der Waals surface area contributed by atoms with Gasteiger partial charge in [0.2, 0.25) is 5.91 Å². The summed E-state index contributed by atoms with van der Waals surface area (Å²) in [6, 6.07) is 10.1. The lowest BCUT2D eigenvalue weighted by Gasteiger charge is -2.15. The number of hydrogen-bond acceptors (Lipinski definition) is 4. The van der Waals surface area contributed by atoms with Crippen LogP contribution in [-0.4, -0.2) is 33.8 Å². The van der Waals surface area contributed by atoms with Crippen LogP contribution in [0.2, 0.25) is 0 Å². The second-order valence-electron chi connectivity index (χ2n) is 6.56. The Labute approximate surface area is 158 Å². The molecule has 0 spiro atoms. The first-order chi connectivity index (χ1) is 13.1.